The van der Waals surface area contributed by atoms with Gasteiger partial charge in [0.25, 0.3) is 0 Å². The molecule has 2 rings (SSSR count). The molecule has 0 bridgehead atoms. The lowest BCUT2D eigenvalue weighted by Crippen LogP contribution is -2.06. The zero-order chi connectivity index (χ0) is 16.9. The van der Waals surface area contributed by atoms with Crippen molar-refractivity contribution in [3.63, 3.8) is 0 Å². The Labute approximate surface area is 134 Å². The van der Waals surface area contributed by atoms with Gasteiger partial charge in [-0.25, -0.2) is 9.59 Å². The Morgan fingerprint density at radius 3 is 1.35 bits per heavy atom. The Kier molecular flexibility index (Phi) is 8.18. The fourth-order valence-corrected chi connectivity index (χ4v) is 1.41. The summed E-state index contributed by atoms with van der Waals surface area (Å²) < 4.78 is 0. The third-order valence-electron chi connectivity index (χ3n) is 2.45. The van der Waals surface area contributed by atoms with Crippen molar-refractivity contribution < 1.29 is 24.4 Å². The highest BCUT2D eigenvalue weighted by Crippen LogP contribution is 2.17. The minimum atomic E-state index is -0.859. The highest BCUT2D eigenvalue weighted by atomic mass is 17.5. The lowest BCUT2D eigenvalue weighted by atomic mass is 10.1. The van der Waals surface area contributed by atoms with Gasteiger partial charge in [-0.1, -0.05) is 73.8 Å². The molecule has 118 valence electrons. The van der Waals surface area contributed by atoms with E-state index in [0.29, 0.717) is 0 Å². The molecule has 0 aliphatic carbocycles. The van der Waals surface area contributed by atoms with Crippen LogP contribution in [0.2, 0.25) is 0 Å². The SMILES string of the molecule is C=CC(=O)OOOC(=O)C=C.c1ccc(-c2ccccc2)cc1. The van der Waals surface area contributed by atoms with Gasteiger partial charge in [0.05, 0.1) is 0 Å². The van der Waals surface area contributed by atoms with E-state index in [-0.39, 0.29) is 0 Å². The number of hydrogen-bond donors (Lipinski definition) is 0. The van der Waals surface area contributed by atoms with E-state index in [9.17, 15) is 9.59 Å². The van der Waals surface area contributed by atoms with Crippen LogP contribution in [-0.2, 0) is 24.4 Å². The number of rotatable bonds is 5. The zero-order valence-corrected chi connectivity index (χ0v) is 12.4. The lowest BCUT2D eigenvalue weighted by molar-refractivity contribution is -0.455. The lowest BCUT2D eigenvalue weighted by Gasteiger charge is -1.98. The smallest absolute Gasteiger partial charge is 0.255 e. The molecule has 2 aromatic rings. The van der Waals surface area contributed by atoms with Gasteiger partial charge in [-0.3, -0.25) is 9.78 Å². The van der Waals surface area contributed by atoms with Crippen LogP contribution < -0.4 is 0 Å². The molecule has 2 aromatic carbocycles. The summed E-state index contributed by atoms with van der Waals surface area (Å²) in [5.41, 5.74) is 2.55. The molecule has 5 nitrogen and oxygen atoms in total. The molecule has 0 atom stereocenters. The molecule has 0 saturated heterocycles. The van der Waals surface area contributed by atoms with Crippen molar-refractivity contribution in [2.75, 3.05) is 0 Å². The molecule has 0 N–H and O–H groups in total. The third-order valence-corrected chi connectivity index (χ3v) is 2.45. The molecule has 0 aliphatic rings. The molecule has 0 spiro atoms. The molecule has 0 amide bonds. The summed E-state index contributed by atoms with van der Waals surface area (Å²) in [5, 5.41) is 3.70. The summed E-state index contributed by atoms with van der Waals surface area (Å²) in [6, 6.07) is 20.8. The van der Waals surface area contributed by atoms with E-state index >= 15 is 0 Å². The second-order valence-corrected chi connectivity index (χ2v) is 4.01. The Hall–Kier alpha value is -3.18. The van der Waals surface area contributed by atoms with E-state index in [1.165, 1.54) is 11.1 Å². The van der Waals surface area contributed by atoms with E-state index in [0.717, 1.165) is 12.2 Å². The van der Waals surface area contributed by atoms with Gasteiger partial charge in [-0.15, -0.1) is 0 Å². The van der Waals surface area contributed by atoms with Crippen molar-refractivity contribution in [3.8, 4) is 11.1 Å². The summed E-state index contributed by atoms with van der Waals surface area (Å²) in [5.74, 6) is -1.72. The molecule has 0 radical (unpaired) electrons. The van der Waals surface area contributed by atoms with E-state index in [1.807, 2.05) is 12.1 Å². The fraction of sp³-hybridized carbons (Fsp3) is 0. The van der Waals surface area contributed by atoms with Gasteiger partial charge < -0.3 is 0 Å². The van der Waals surface area contributed by atoms with Gasteiger partial charge in [0.15, 0.2) is 0 Å². The summed E-state index contributed by atoms with van der Waals surface area (Å²) in [6.07, 6.45) is 1.70. The Morgan fingerprint density at radius 2 is 1.04 bits per heavy atom. The number of hydrogen-bond acceptors (Lipinski definition) is 5. The molecule has 0 unspecified atom stereocenters. The summed E-state index contributed by atoms with van der Waals surface area (Å²) in [7, 11) is 0. The highest BCUT2D eigenvalue weighted by molar-refractivity contribution is 5.81. The summed E-state index contributed by atoms with van der Waals surface area (Å²) >= 11 is 0. The van der Waals surface area contributed by atoms with Crippen LogP contribution in [0.25, 0.3) is 11.1 Å². The third kappa shape index (κ3) is 7.40. The van der Waals surface area contributed by atoms with Gasteiger partial charge in [-0.05, 0) is 11.1 Å². The van der Waals surface area contributed by atoms with Crippen LogP contribution in [0, 0.1) is 0 Å². The molecule has 5 heteroatoms. The first-order chi connectivity index (χ1) is 11.2. The van der Waals surface area contributed by atoms with E-state index in [4.69, 9.17) is 0 Å². The van der Waals surface area contributed by atoms with E-state index in [1.54, 1.807) is 0 Å². The minimum Gasteiger partial charge on any atom is -0.255 e. The molecule has 23 heavy (non-hydrogen) atoms. The Bertz CT molecular complexity index is 577. The minimum absolute atomic E-state index is 0.849. The maximum atomic E-state index is 10.2. The highest BCUT2D eigenvalue weighted by Gasteiger charge is 2.00. The molecule has 0 heterocycles. The topological polar surface area (TPSA) is 61.8 Å². The molecule has 0 aliphatic heterocycles. The molecular formula is C18H16O5. The standard InChI is InChI=1S/C12H10.C6H6O5/c1-3-7-11(8-4-1)12-9-5-2-6-10-12;1-3-5(7)9-11-10-6(8)4-2/h1-10H;3-4H,1-2H2. The number of carbonyl (C=O) groups is 2. The van der Waals surface area contributed by atoms with Crippen LogP contribution in [-0.4, -0.2) is 11.9 Å². The molecule has 0 fully saturated rings. The van der Waals surface area contributed by atoms with Gasteiger partial charge in [-0.2, -0.15) is 0 Å². The second kappa shape index (κ2) is 10.5. The summed E-state index contributed by atoms with van der Waals surface area (Å²) in [4.78, 5) is 28.0. The normalized spacial score (nSPS) is 8.87. The van der Waals surface area contributed by atoms with Crippen molar-refractivity contribution in [3.05, 3.63) is 86.0 Å². The first kappa shape index (κ1) is 17.9. The molecule has 0 aromatic heterocycles. The van der Waals surface area contributed by atoms with E-state index < -0.39 is 11.9 Å². The monoisotopic (exact) mass is 312 g/mol. The van der Waals surface area contributed by atoms with Crippen LogP contribution in [0.1, 0.15) is 0 Å². The van der Waals surface area contributed by atoms with Gasteiger partial charge in [0, 0.05) is 17.2 Å². The largest absolute Gasteiger partial charge is 0.369 e. The van der Waals surface area contributed by atoms with Crippen molar-refractivity contribution in [1.82, 2.24) is 0 Å². The predicted octanol–water partition coefficient (Wildman–Crippen LogP) is 3.65. The first-order valence-electron chi connectivity index (χ1n) is 6.62. The van der Waals surface area contributed by atoms with Crippen molar-refractivity contribution >= 4 is 11.9 Å². The predicted molar refractivity (Wildman–Crippen MR) is 85.5 cm³/mol. The number of carbonyl (C=O) groups excluding carboxylic acids is 2. The average molecular weight is 312 g/mol. The molecule has 0 saturated carbocycles. The Balaban J connectivity index is 0.000000232. The van der Waals surface area contributed by atoms with Gasteiger partial charge in [0.1, 0.15) is 0 Å². The van der Waals surface area contributed by atoms with Crippen LogP contribution in [0.15, 0.2) is 86.0 Å². The van der Waals surface area contributed by atoms with Crippen molar-refractivity contribution in [1.29, 1.82) is 0 Å². The quantitative estimate of drug-likeness (QED) is 0.479. The Morgan fingerprint density at radius 1 is 0.696 bits per heavy atom. The van der Waals surface area contributed by atoms with Crippen molar-refractivity contribution in [2.45, 2.75) is 0 Å². The summed E-state index contributed by atoms with van der Waals surface area (Å²) in [6.45, 7) is 6.13. The zero-order valence-electron chi connectivity index (χ0n) is 12.4. The van der Waals surface area contributed by atoms with Crippen LogP contribution in [0.4, 0.5) is 0 Å². The van der Waals surface area contributed by atoms with Crippen LogP contribution in [0.5, 0.6) is 0 Å². The van der Waals surface area contributed by atoms with Crippen molar-refractivity contribution in [2.24, 2.45) is 0 Å². The van der Waals surface area contributed by atoms with Crippen LogP contribution >= 0.6 is 0 Å². The first-order valence-corrected chi connectivity index (χ1v) is 6.62. The second-order valence-electron chi connectivity index (χ2n) is 4.01. The number of benzene rings is 2. The van der Waals surface area contributed by atoms with Crippen LogP contribution in [0.3, 0.4) is 0 Å². The maximum absolute atomic E-state index is 10.2. The average Bonchev–Trinajstić information content (AvgIpc) is 2.63. The van der Waals surface area contributed by atoms with Gasteiger partial charge in [0.2, 0.25) is 0 Å². The fourth-order valence-electron chi connectivity index (χ4n) is 1.41. The maximum Gasteiger partial charge on any atom is 0.369 e. The van der Waals surface area contributed by atoms with E-state index in [2.05, 4.69) is 76.5 Å². The van der Waals surface area contributed by atoms with Gasteiger partial charge >= 0.3 is 11.9 Å². The molecular weight excluding hydrogens is 296 g/mol.